The van der Waals surface area contributed by atoms with Gasteiger partial charge in [0.1, 0.15) is 11.4 Å². The van der Waals surface area contributed by atoms with Crippen LogP contribution in [0.3, 0.4) is 0 Å². The molecule has 0 spiro atoms. The molecule has 4 aromatic rings. The zero-order valence-corrected chi connectivity index (χ0v) is 16.6. The number of amides is 1. The van der Waals surface area contributed by atoms with Gasteiger partial charge < -0.3 is 15.4 Å². The molecule has 2 heterocycles. The molecule has 0 aliphatic carbocycles. The quantitative estimate of drug-likeness (QED) is 0.478. The highest BCUT2D eigenvalue weighted by atomic mass is 16.5. The molecule has 0 aliphatic heterocycles. The summed E-state index contributed by atoms with van der Waals surface area (Å²) < 4.78 is 5.38. The Balaban J connectivity index is 1.37. The van der Waals surface area contributed by atoms with E-state index >= 15 is 0 Å². The van der Waals surface area contributed by atoms with E-state index in [0.717, 1.165) is 40.9 Å². The van der Waals surface area contributed by atoms with Gasteiger partial charge in [0.15, 0.2) is 0 Å². The Labute approximate surface area is 175 Å². The van der Waals surface area contributed by atoms with Gasteiger partial charge in [-0.3, -0.25) is 9.78 Å². The minimum atomic E-state index is -0.270. The summed E-state index contributed by atoms with van der Waals surface area (Å²) in [7, 11) is 1.67. The van der Waals surface area contributed by atoms with E-state index < -0.39 is 0 Å². The summed E-state index contributed by atoms with van der Waals surface area (Å²) in [5.41, 5.74) is 3.76. The van der Waals surface area contributed by atoms with E-state index in [-0.39, 0.29) is 5.91 Å². The second kappa shape index (κ2) is 9.05. The molecule has 4 rings (SSSR count). The number of aromatic nitrogens is 2. The lowest BCUT2D eigenvalue weighted by atomic mass is 10.1. The standard InChI is InChI=1S/C24H22N4O2/c1-30-22-10-3-2-6-17(22)13-15-25-19-11-12-21(27-16-19)24(29)28-20-9-4-7-18-8-5-14-26-23(18)20/h2-12,14,16,25H,13,15H2,1H3,(H,28,29). The fourth-order valence-corrected chi connectivity index (χ4v) is 3.28. The van der Waals surface area contributed by atoms with Crippen molar-refractivity contribution in [3.8, 4) is 5.75 Å². The van der Waals surface area contributed by atoms with Crippen molar-refractivity contribution in [2.75, 3.05) is 24.3 Å². The summed E-state index contributed by atoms with van der Waals surface area (Å²) in [5, 5.41) is 7.19. The molecule has 6 heteroatoms. The van der Waals surface area contributed by atoms with Crippen LogP contribution in [-0.2, 0) is 6.42 Å². The highest BCUT2D eigenvalue weighted by molar-refractivity contribution is 6.07. The van der Waals surface area contributed by atoms with Crippen molar-refractivity contribution in [3.63, 3.8) is 0 Å². The number of nitrogens with zero attached hydrogens (tertiary/aromatic N) is 2. The third-order valence-corrected chi connectivity index (χ3v) is 4.79. The van der Waals surface area contributed by atoms with Crippen molar-refractivity contribution in [1.29, 1.82) is 0 Å². The molecule has 0 unspecified atom stereocenters. The van der Waals surface area contributed by atoms with Crippen molar-refractivity contribution in [2.24, 2.45) is 0 Å². The van der Waals surface area contributed by atoms with E-state index in [2.05, 4.69) is 20.6 Å². The van der Waals surface area contributed by atoms with Crippen LogP contribution in [-0.4, -0.2) is 29.5 Å². The summed E-state index contributed by atoms with van der Waals surface area (Å²) in [6, 6.07) is 21.0. The Morgan fingerprint density at radius 1 is 0.967 bits per heavy atom. The van der Waals surface area contributed by atoms with Gasteiger partial charge in [0, 0.05) is 18.1 Å². The van der Waals surface area contributed by atoms with Crippen LogP contribution in [0.5, 0.6) is 5.75 Å². The van der Waals surface area contributed by atoms with Gasteiger partial charge in [-0.05, 0) is 42.3 Å². The Bertz CT molecular complexity index is 1150. The Morgan fingerprint density at radius 3 is 2.67 bits per heavy atom. The van der Waals surface area contributed by atoms with Crippen LogP contribution >= 0.6 is 0 Å². The number of methoxy groups -OCH3 is 1. The zero-order valence-electron chi connectivity index (χ0n) is 16.6. The summed E-state index contributed by atoms with van der Waals surface area (Å²) in [6.45, 7) is 0.731. The number of carbonyl (C=O) groups excluding carboxylic acids is 1. The molecule has 150 valence electrons. The molecule has 6 nitrogen and oxygen atoms in total. The van der Waals surface area contributed by atoms with Crippen LogP contribution in [0.1, 0.15) is 16.1 Å². The largest absolute Gasteiger partial charge is 0.496 e. The molecule has 2 aromatic carbocycles. The number of benzene rings is 2. The van der Waals surface area contributed by atoms with E-state index in [1.807, 2.05) is 60.7 Å². The Hall–Kier alpha value is -3.93. The number of hydrogen-bond acceptors (Lipinski definition) is 5. The maximum absolute atomic E-state index is 12.6. The lowest BCUT2D eigenvalue weighted by Crippen LogP contribution is -2.14. The molecule has 0 aliphatic rings. The fourth-order valence-electron chi connectivity index (χ4n) is 3.28. The van der Waals surface area contributed by atoms with Crippen molar-refractivity contribution < 1.29 is 9.53 Å². The Morgan fingerprint density at radius 2 is 1.83 bits per heavy atom. The number of ether oxygens (including phenoxy) is 1. The predicted octanol–water partition coefficient (Wildman–Crippen LogP) is 4.55. The third-order valence-electron chi connectivity index (χ3n) is 4.79. The monoisotopic (exact) mass is 398 g/mol. The van der Waals surface area contributed by atoms with Gasteiger partial charge in [0.2, 0.25) is 0 Å². The van der Waals surface area contributed by atoms with E-state index in [9.17, 15) is 4.79 Å². The number of para-hydroxylation sites is 2. The molecule has 0 fully saturated rings. The normalized spacial score (nSPS) is 10.6. The molecular weight excluding hydrogens is 376 g/mol. The molecule has 0 atom stereocenters. The first kappa shape index (κ1) is 19.4. The van der Waals surface area contributed by atoms with E-state index in [1.165, 1.54) is 0 Å². The number of hydrogen-bond donors (Lipinski definition) is 2. The molecule has 0 saturated carbocycles. The van der Waals surface area contributed by atoms with Gasteiger partial charge >= 0.3 is 0 Å². The van der Waals surface area contributed by atoms with Crippen molar-refractivity contribution >= 4 is 28.2 Å². The van der Waals surface area contributed by atoms with Gasteiger partial charge in [0.25, 0.3) is 5.91 Å². The van der Waals surface area contributed by atoms with E-state index in [1.54, 1.807) is 25.6 Å². The first-order valence-corrected chi connectivity index (χ1v) is 9.71. The topological polar surface area (TPSA) is 76.1 Å². The van der Waals surface area contributed by atoms with Crippen molar-refractivity contribution in [2.45, 2.75) is 6.42 Å². The van der Waals surface area contributed by atoms with Gasteiger partial charge in [-0.1, -0.05) is 36.4 Å². The second-order valence-corrected chi connectivity index (χ2v) is 6.76. The summed E-state index contributed by atoms with van der Waals surface area (Å²) >= 11 is 0. The highest BCUT2D eigenvalue weighted by Gasteiger charge is 2.10. The predicted molar refractivity (Wildman–Crippen MR) is 119 cm³/mol. The number of nitrogens with one attached hydrogen (secondary N) is 2. The lowest BCUT2D eigenvalue weighted by Gasteiger charge is -2.10. The first-order chi connectivity index (χ1) is 14.7. The number of pyridine rings is 2. The lowest BCUT2D eigenvalue weighted by molar-refractivity contribution is 0.102. The number of carbonyl (C=O) groups is 1. The fraction of sp³-hybridized carbons (Fsp3) is 0.125. The SMILES string of the molecule is COc1ccccc1CCNc1ccc(C(=O)Nc2cccc3cccnc23)nc1. The van der Waals surface area contributed by atoms with Gasteiger partial charge in [-0.2, -0.15) is 0 Å². The average Bonchev–Trinajstić information content (AvgIpc) is 2.80. The number of fused-ring (bicyclic) bond motifs is 1. The van der Waals surface area contributed by atoms with Crippen LogP contribution in [0, 0.1) is 0 Å². The minimum Gasteiger partial charge on any atom is -0.496 e. The van der Waals surface area contributed by atoms with Crippen molar-refractivity contribution in [3.05, 3.63) is 90.4 Å². The van der Waals surface area contributed by atoms with Crippen LogP contribution in [0.15, 0.2) is 79.1 Å². The van der Waals surface area contributed by atoms with Crippen LogP contribution in [0.4, 0.5) is 11.4 Å². The third kappa shape index (κ3) is 4.38. The molecule has 2 N–H and O–H groups in total. The van der Waals surface area contributed by atoms with Gasteiger partial charge in [-0.25, -0.2) is 4.98 Å². The van der Waals surface area contributed by atoms with Crippen LogP contribution in [0.2, 0.25) is 0 Å². The van der Waals surface area contributed by atoms with Crippen LogP contribution in [0.25, 0.3) is 10.9 Å². The summed E-state index contributed by atoms with van der Waals surface area (Å²) in [6.07, 6.45) is 4.19. The van der Waals surface area contributed by atoms with Crippen LogP contribution < -0.4 is 15.4 Å². The second-order valence-electron chi connectivity index (χ2n) is 6.76. The molecule has 0 bridgehead atoms. The molecule has 1 amide bonds. The maximum atomic E-state index is 12.6. The Kier molecular flexibility index (Phi) is 5.85. The average molecular weight is 398 g/mol. The first-order valence-electron chi connectivity index (χ1n) is 9.71. The molecule has 0 saturated heterocycles. The summed E-state index contributed by atoms with van der Waals surface area (Å²) in [4.78, 5) is 21.3. The highest BCUT2D eigenvalue weighted by Crippen LogP contribution is 2.21. The molecule has 0 radical (unpaired) electrons. The van der Waals surface area contributed by atoms with E-state index in [0.29, 0.717) is 11.4 Å². The molecular formula is C24H22N4O2. The maximum Gasteiger partial charge on any atom is 0.274 e. The van der Waals surface area contributed by atoms with E-state index in [4.69, 9.17) is 4.74 Å². The smallest absolute Gasteiger partial charge is 0.274 e. The number of rotatable bonds is 7. The van der Waals surface area contributed by atoms with Crippen molar-refractivity contribution in [1.82, 2.24) is 9.97 Å². The molecule has 30 heavy (non-hydrogen) atoms. The summed E-state index contributed by atoms with van der Waals surface area (Å²) in [5.74, 6) is 0.612. The number of anilines is 2. The molecule has 2 aromatic heterocycles. The van der Waals surface area contributed by atoms with Gasteiger partial charge in [-0.15, -0.1) is 0 Å². The minimum absolute atomic E-state index is 0.270. The zero-order chi connectivity index (χ0) is 20.8. The van der Waals surface area contributed by atoms with Gasteiger partial charge in [0.05, 0.1) is 30.2 Å².